The van der Waals surface area contributed by atoms with Gasteiger partial charge >= 0.3 is 6.18 Å². The zero-order chi connectivity index (χ0) is 24.4. The minimum Gasteiger partial charge on any atom is -0.353 e. The first-order chi connectivity index (χ1) is 14.6. The van der Waals surface area contributed by atoms with E-state index < -0.39 is 37.6 Å². The van der Waals surface area contributed by atoms with E-state index in [4.69, 9.17) is 11.6 Å². The van der Waals surface area contributed by atoms with E-state index in [2.05, 4.69) is 5.32 Å². The number of hydrogen-bond donors (Lipinski definition) is 2. The van der Waals surface area contributed by atoms with Crippen LogP contribution in [-0.4, -0.2) is 38.0 Å². The number of hydrogen-bond acceptors (Lipinski definition) is 3. The second-order valence-corrected chi connectivity index (χ2v) is 13.4. The predicted octanol–water partition coefficient (Wildman–Crippen LogP) is 5.61. The molecule has 32 heavy (non-hydrogen) atoms. The molecule has 0 fully saturated rings. The van der Waals surface area contributed by atoms with E-state index in [1.54, 1.807) is 6.07 Å². The van der Waals surface area contributed by atoms with Crippen LogP contribution in [-0.2, 0) is 26.1 Å². The second-order valence-electron chi connectivity index (χ2n) is 7.82. The molecule has 0 aliphatic heterocycles. The zero-order valence-electron chi connectivity index (χ0n) is 17.6. The van der Waals surface area contributed by atoms with Crippen molar-refractivity contribution in [3.8, 4) is 0 Å². The summed E-state index contributed by atoms with van der Waals surface area (Å²) in [6.45, 7) is 2.66. The van der Waals surface area contributed by atoms with E-state index in [-0.39, 0.29) is 17.2 Å². The van der Waals surface area contributed by atoms with Crippen LogP contribution in [0.3, 0.4) is 0 Å². The van der Waals surface area contributed by atoms with Crippen molar-refractivity contribution in [1.29, 1.82) is 0 Å². The van der Waals surface area contributed by atoms with Crippen LogP contribution in [0.2, 0.25) is 5.02 Å². The normalized spacial score (nSPS) is 14.0. The minimum atomic E-state index is -4.89. The van der Waals surface area contributed by atoms with Crippen LogP contribution in [0.25, 0.3) is 0 Å². The number of carbonyl (C=O) groups excluding carboxylic acids is 1. The van der Waals surface area contributed by atoms with Crippen LogP contribution >= 0.6 is 23.4 Å². The molecule has 4 nitrogen and oxygen atoms in total. The van der Waals surface area contributed by atoms with Crippen molar-refractivity contribution in [2.24, 2.45) is 0 Å². The third kappa shape index (κ3) is 5.47. The fourth-order valence-electron chi connectivity index (χ4n) is 2.77. The maximum atomic E-state index is 13.8. The quantitative estimate of drug-likeness (QED) is 0.356. The van der Waals surface area contributed by atoms with Gasteiger partial charge in [0.05, 0.1) is 10.5 Å². The van der Waals surface area contributed by atoms with Gasteiger partial charge in [-0.3, -0.25) is 9.35 Å². The summed E-state index contributed by atoms with van der Waals surface area (Å²) < 4.78 is 74.9. The van der Waals surface area contributed by atoms with E-state index in [0.29, 0.717) is 28.5 Å². The Hall–Kier alpha value is -1.62. The van der Waals surface area contributed by atoms with Crippen molar-refractivity contribution in [3.63, 3.8) is 0 Å². The molecule has 11 heteroatoms. The van der Waals surface area contributed by atoms with Crippen LogP contribution in [0.15, 0.2) is 47.4 Å². The standard InChI is InChI=1S/C21H24ClF4NO3S2/c1-20(2,32(3,29,30)15-9-7-14(8-10-15)21(24,25)26)19(28)27-11-12-31-13-16-17(22)5-4-6-18(16)23/h4-10H,11-13H2,1-3H3,(H,27,28)(H,29,30). The first-order valence-corrected chi connectivity index (χ1v) is 13.3. The number of alkyl halides is 3. The summed E-state index contributed by atoms with van der Waals surface area (Å²) in [6.07, 6.45) is -3.62. The van der Waals surface area contributed by atoms with Gasteiger partial charge in [-0.15, -0.1) is 0 Å². The van der Waals surface area contributed by atoms with Crippen LogP contribution < -0.4 is 5.32 Å². The molecule has 0 atom stereocenters. The number of nitrogens with one attached hydrogen (secondary N) is 1. The Kier molecular flexibility index (Phi) is 7.76. The highest BCUT2D eigenvalue weighted by atomic mass is 35.5. The molecule has 0 saturated heterocycles. The molecule has 0 radical (unpaired) electrons. The van der Waals surface area contributed by atoms with Gasteiger partial charge in [-0.25, -0.2) is 8.60 Å². The molecule has 0 bridgehead atoms. The van der Waals surface area contributed by atoms with Gasteiger partial charge in [0, 0.05) is 34.9 Å². The molecule has 2 N–H and O–H groups in total. The molecule has 178 valence electrons. The average molecular weight is 514 g/mol. The second kappa shape index (κ2) is 9.32. The first-order valence-electron chi connectivity index (χ1n) is 9.41. The molecule has 0 spiro atoms. The lowest BCUT2D eigenvalue weighted by Crippen LogP contribution is -2.59. The number of amides is 1. The van der Waals surface area contributed by atoms with Crippen LogP contribution in [0.5, 0.6) is 0 Å². The topological polar surface area (TPSA) is 66.4 Å². The summed E-state index contributed by atoms with van der Waals surface area (Å²) in [4.78, 5) is 12.5. The molecule has 2 aromatic carbocycles. The van der Waals surface area contributed by atoms with Gasteiger partial charge in [-0.05, 0) is 50.2 Å². The van der Waals surface area contributed by atoms with E-state index >= 15 is 0 Å². The van der Waals surface area contributed by atoms with Crippen molar-refractivity contribution in [2.75, 3.05) is 18.6 Å². The number of benzene rings is 2. The number of thioether (sulfide) groups is 1. The molecule has 0 aliphatic carbocycles. The van der Waals surface area contributed by atoms with Crippen molar-refractivity contribution in [2.45, 2.75) is 35.4 Å². The molecule has 0 heterocycles. The smallest absolute Gasteiger partial charge is 0.353 e. The van der Waals surface area contributed by atoms with Crippen molar-refractivity contribution >= 4 is 38.6 Å². The lowest BCUT2D eigenvalue weighted by Gasteiger charge is -2.50. The lowest BCUT2D eigenvalue weighted by atomic mass is 10.2. The molecule has 0 saturated carbocycles. The molecule has 2 rings (SSSR count). The van der Waals surface area contributed by atoms with Gasteiger partial charge in [0.25, 0.3) is 0 Å². The van der Waals surface area contributed by atoms with Gasteiger partial charge in [-0.1, -0.05) is 17.7 Å². The third-order valence-electron chi connectivity index (χ3n) is 5.33. The predicted molar refractivity (Wildman–Crippen MR) is 121 cm³/mol. The SMILES string of the molecule is CC(C)(C(=O)NCCSCc1c(F)cccc1Cl)S(C)(=O)(O)c1ccc(C(F)(F)F)cc1. The molecular formula is C21H24ClF4NO3S2. The largest absolute Gasteiger partial charge is 0.416 e. The summed E-state index contributed by atoms with van der Waals surface area (Å²) in [7, 11) is -4.89. The molecule has 2 aromatic rings. The Labute approximate surface area is 193 Å². The van der Waals surface area contributed by atoms with Gasteiger partial charge in [0.15, 0.2) is 0 Å². The van der Waals surface area contributed by atoms with E-state index in [1.165, 1.54) is 37.7 Å². The van der Waals surface area contributed by atoms with Crippen molar-refractivity contribution in [3.05, 3.63) is 64.4 Å². The van der Waals surface area contributed by atoms with Crippen molar-refractivity contribution in [1.82, 2.24) is 5.32 Å². The average Bonchev–Trinajstić information content (AvgIpc) is 2.68. The Bertz CT molecular complexity index is 1030. The van der Waals surface area contributed by atoms with Gasteiger partial charge in [-0.2, -0.15) is 34.3 Å². The van der Waals surface area contributed by atoms with E-state index in [1.807, 2.05) is 0 Å². The Morgan fingerprint density at radius 1 is 1.16 bits per heavy atom. The maximum Gasteiger partial charge on any atom is 0.416 e. The Morgan fingerprint density at radius 2 is 1.75 bits per heavy atom. The fraction of sp³-hybridized carbons (Fsp3) is 0.381. The summed E-state index contributed by atoms with van der Waals surface area (Å²) in [6, 6.07) is 7.63. The van der Waals surface area contributed by atoms with E-state index in [0.717, 1.165) is 18.4 Å². The minimum absolute atomic E-state index is 0.134. The summed E-state index contributed by atoms with van der Waals surface area (Å²) >= 11 is 7.28. The molecular weight excluding hydrogens is 490 g/mol. The highest BCUT2D eigenvalue weighted by molar-refractivity contribution is 8.16. The van der Waals surface area contributed by atoms with Gasteiger partial charge < -0.3 is 5.32 Å². The zero-order valence-corrected chi connectivity index (χ0v) is 20.0. The lowest BCUT2D eigenvalue weighted by molar-refractivity contribution is -0.137. The number of carbonyl (C=O) groups is 1. The number of halogens is 5. The summed E-state index contributed by atoms with van der Waals surface area (Å²) in [5, 5.41) is 2.88. The summed E-state index contributed by atoms with van der Waals surface area (Å²) in [5.41, 5.74) is -0.612. The first kappa shape index (κ1) is 26.6. The van der Waals surface area contributed by atoms with E-state index in [9.17, 15) is 31.1 Å². The molecule has 0 aliphatic rings. The fourth-order valence-corrected chi connectivity index (χ4v) is 5.84. The molecule has 1 amide bonds. The highest BCUT2D eigenvalue weighted by Gasteiger charge is 2.48. The van der Waals surface area contributed by atoms with Crippen LogP contribution in [0.1, 0.15) is 25.0 Å². The Balaban J connectivity index is 2.04. The number of rotatable bonds is 8. The summed E-state index contributed by atoms with van der Waals surface area (Å²) in [5.74, 6) is -0.498. The highest BCUT2D eigenvalue weighted by Crippen LogP contribution is 2.43. The van der Waals surface area contributed by atoms with Gasteiger partial charge in [0.1, 0.15) is 10.6 Å². The third-order valence-corrected chi connectivity index (χ3v) is 10.6. The Morgan fingerprint density at radius 3 is 2.28 bits per heavy atom. The molecule has 0 unspecified atom stereocenters. The van der Waals surface area contributed by atoms with Crippen molar-refractivity contribution < 1.29 is 31.1 Å². The monoisotopic (exact) mass is 513 g/mol. The maximum absolute atomic E-state index is 13.8. The van der Waals surface area contributed by atoms with Crippen LogP contribution in [0.4, 0.5) is 17.6 Å². The molecule has 0 aromatic heterocycles. The van der Waals surface area contributed by atoms with Gasteiger partial charge in [0.2, 0.25) is 5.91 Å². The van der Waals surface area contributed by atoms with Crippen LogP contribution in [0, 0.1) is 5.82 Å².